The van der Waals surface area contributed by atoms with E-state index in [1.54, 1.807) is 0 Å². The molecule has 0 fully saturated rings. The first-order chi connectivity index (χ1) is 8.83. The summed E-state index contributed by atoms with van der Waals surface area (Å²) in [6.45, 7) is 11.3. The van der Waals surface area contributed by atoms with E-state index < -0.39 is 0 Å². The molecule has 1 heterocycles. The molecule has 1 N–H and O–H groups in total. The van der Waals surface area contributed by atoms with Gasteiger partial charge in [-0.2, -0.15) is 0 Å². The molecule has 19 heavy (non-hydrogen) atoms. The van der Waals surface area contributed by atoms with Crippen molar-refractivity contribution in [2.24, 2.45) is 0 Å². The van der Waals surface area contributed by atoms with E-state index in [4.69, 9.17) is 4.52 Å². The van der Waals surface area contributed by atoms with E-state index in [0.29, 0.717) is 0 Å². The number of hydrogen-bond donors (Lipinski definition) is 1. The lowest BCUT2D eigenvalue weighted by Crippen LogP contribution is -2.35. The standard InChI is InChI=1S/C16H22N2O/c1-11-6-12(2)8-13(7-11)15-9-14(18-19-15)10-17-16(3,4)5/h6-9,17H,10H2,1-5H3. The molecule has 0 amide bonds. The summed E-state index contributed by atoms with van der Waals surface area (Å²) in [5.74, 6) is 0.831. The van der Waals surface area contributed by atoms with Crippen molar-refractivity contribution in [3.63, 3.8) is 0 Å². The molecule has 0 bridgehead atoms. The molecular formula is C16H22N2O. The molecule has 0 atom stereocenters. The van der Waals surface area contributed by atoms with Crippen molar-refractivity contribution in [3.8, 4) is 11.3 Å². The van der Waals surface area contributed by atoms with Crippen molar-refractivity contribution in [2.75, 3.05) is 0 Å². The van der Waals surface area contributed by atoms with E-state index in [1.807, 2.05) is 6.07 Å². The van der Waals surface area contributed by atoms with Gasteiger partial charge < -0.3 is 9.84 Å². The van der Waals surface area contributed by atoms with Gasteiger partial charge in [0.1, 0.15) is 0 Å². The van der Waals surface area contributed by atoms with Gasteiger partial charge in [-0.1, -0.05) is 22.3 Å². The Hall–Kier alpha value is -1.61. The number of rotatable bonds is 3. The molecule has 0 aliphatic rings. The Bertz CT molecular complexity index is 544. The lowest BCUT2D eigenvalue weighted by molar-refractivity contribution is 0.392. The average molecular weight is 258 g/mol. The second kappa shape index (κ2) is 5.17. The van der Waals surface area contributed by atoms with E-state index in [9.17, 15) is 0 Å². The van der Waals surface area contributed by atoms with Gasteiger partial charge in [0.05, 0.1) is 5.69 Å². The Morgan fingerprint density at radius 2 is 1.68 bits per heavy atom. The second-order valence-corrected chi connectivity index (χ2v) is 6.16. The van der Waals surface area contributed by atoms with Gasteiger partial charge in [-0.3, -0.25) is 0 Å². The Balaban J connectivity index is 2.16. The second-order valence-electron chi connectivity index (χ2n) is 6.16. The van der Waals surface area contributed by atoms with Crippen LogP contribution >= 0.6 is 0 Å². The largest absolute Gasteiger partial charge is 0.356 e. The summed E-state index contributed by atoms with van der Waals surface area (Å²) in [6, 6.07) is 8.40. The summed E-state index contributed by atoms with van der Waals surface area (Å²) in [5.41, 5.74) is 4.58. The van der Waals surface area contributed by atoms with Crippen LogP contribution in [0, 0.1) is 13.8 Å². The minimum absolute atomic E-state index is 0.0824. The molecule has 1 aromatic heterocycles. The monoisotopic (exact) mass is 258 g/mol. The van der Waals surface area contributed by atoms with Gasteiger partial charge in [0, 0.05) is 23.7 Å². The summed E-state index contributed by atoms with van der Waals surface area (Å²) >= 11 is 0. The molecule has 3 nitrogen and oxygen atoms in total. The van der Waals surface area contributed by atoms with Crippen molar-refractivity contribution in [1.29, 1.82) is 0 Å². The van der Waals surface area contributed by atoms with Crippen LogP contribution in [0.4, 0.5) is 0 Å². The highest BCUT2D eigenvalue weighted by molar-refractivity contribution is 5.59. The number of nitrogens with one attached hydrogen (secondary N) is 1. The highest BCUT2D eigenvalue weighted by Crippen LogP contribution is 2.23. The zero-order valence-corrected chi connectivity index (χ0v) is 12.4. The van der Waals surface area contributed by atoms with Crippen molar-refractivity contribution >= 4 is 0 Å². The fraction of sp³-hybridized carbons (Fsp3) is 0.438. The van der Waals surface area contributed by atoms with E-state index in [-0.39, 0.29) is 5.54 Å². The number of nitrogens with zero attached hydrogens (tertiary/aromatic N) is 1. The lowest BCUT2D eigenvalue weighted by Gasteiger charge is -2.19. The van der Waals surface area contributed by atoms with E-state index in [1.165, 1.54) is 11.1 Å². The molecular weight excluding hydrogens is 236 g/mol. The minimum Gasteiger partial charge on any atom is -0.356 e. The molecule has 0 aliphatic heterocycles. The maximum atomic E-state index is 5.44. The molecule has 3 heteroatoms. The van der Waals surface area contributed by atoms with E-state index in [0.717, 1.165) is 23.6 Å². The van der Waals surface area contributed by atoms with E-state index in [2.05, 4.69) is 63.3 Å². The predicted octanol–water partition coefficient (Wildman–Crippen LogP) is 3.85. The Kier molecular flexibility index (Phi) is 3.76. The van der Waals surface area contributed by atoms with Crippen molar-refractivity contribution in [3.05, 3.63) is 41.1 Å². The van der Waals surface area contributed by atoms with Crippen LogP contribution in [-0.2, 0) is 6.54 Å². The third kappa shape index (κ3) is 3.93. The third-order valence-electron chi connectivity index (χ3n) is 2.86. The Labute approximate surface area is 115 Å². The molecule has 102 valence electrons. The van der Waals surface area contributed by atoms with Crippen LogP contribution in [0.3, 0.4) is 0 Å². The normalized spacial score (nSPS) is 11.8. The van der Waals surface area contributed by atoms with Crippen LogP contribution in [0.2, 0.25) is 0 Å². The molecule has 0 saturated carbocycles. The number of aryl methyl sites for hydroxylation is 2. The van der Waals surface area contributed by atoms with Gasteiger partial charge in [-0.15, -0.1) is 0 Å². The smallest absolute Gasteiger partial charge is 0.167 e. The first kappa shape index (κ1) is 13.8. The van der Waals surface area contributed by atoms with Crippen LogP contribution < -0.4 is 5.32 Å². The molecule has 2 rings (SSSR count). The maximum absolute atomic E-state index is 5.44. The number of aromatic nitrogens is 1. The van der Waals surface area contributed by atoms with Crippen molar-refractivity contribution in [1.82, 2.24) is 10.5 Å². The quantitative estimate of drug-likeness (QED) is 0.908. The van der Waals surface area contributed by atoms with Gasteiger partial charge in [0.25, 0.3) is 0 Å². The van der Waals surface area contributed by atoms with Crippen LogP contribution in [-0.4, -0.2) is 10.7 Å². The molecule has 0 aliphatic carbocycles. The summed E-state index contributed by atoms with van der Waals surface area (Å²) in [4.78, 5) is 0. The highest BCUT2D eigenvalue weighted by Gasteiger charge is 2.12. The number of benzene rings is 1. The first-order valence-corrected chi connectivity index (χ1v) is 6.63. The molecule has 0 saturated heterocycles. The van der Waals surface area contributed by atoms with Crippen LogP contribution in [0.25, 0.3) is 11.3 Å². The van der Waals surface area contributed by atoms with Gasteiger partial charge in [0.15, 0.2) is 5.76 Å². The SMILES string of the molecule is Cc1cc(C)cc(-c2cc(CNC(C)(C)C)no2)c1. The van der Waals surface area contributed by atoms with Gasteiger partial charge in [-0.05, 0) is 46.8 Å². The topological polar surface area (TPSA) is 38.1 Å². The van der Waals surface area contributed by atoms with Crippen LogP contribution in [0.1, 0.15) is 37.6 Å². The van der Waals surface area contributed by atoms with Crippen molar-refractivity contribution in [2.45, 2.75) is 46.7 Å². The molecule has 1 aromatic carbocycles. The highest BCUT2D eigenvalue weighted by atomic mass is 16.5. The summed E-state index contributed by atoms with van der Waals surface area (Å²) in [5, 5.41) is 7.52. The zero-order valence-electron chi connectivity index (χ0n) is 12.4. The first-order valence-electron chi connectivity index (χ1n) is 6.63. The average Bonchev–Trinajstić information content (AvgIpc) is 2.72. The fourth-order valence-electron chi connectivity index (χ4n) is 2.00. The van der Waals surface area contributed by atoms with Crippen molar-refractivity contribution < 1.29 is 4.52 Å². The van der Waals surface area contributed by atoms with Gasteiger partial charge in [-0.25, -0.2) is 0 Å². The van der Waals surface area contributed by atoms with Crippen LogP contribution in [0.5, 0.6) is 0 Å². The minimum atomic E-state index is 0.0824. The molecule has 2 aromatic rings. The Morgan fingerprint density at radius 3 is 2.26 bits per heavy atom. The summed E-state index contributed by atoms with van der Waals surface area (Å²) in [7, 11) is 0. The molecule has 0 unspecified atom stereocenters. The fourth-order valence-corrected chi connectivity index (χ4v) is 2.00. The summed E-state index contributed by atoms with van der Waals surface area (Å²) < 4.78 is 5.44. The lowest BCUT2D eigenvalue weighted by atomic mass is 10.1. The maximum Gasteiger partial charge on any atom is 0.167 e. The molecule has 0 radical (unpaired) electrons. The van der Waals surface area contributed by atoms with E-state index >= 15 is 0 Å². The summed E-state index contributed by atoms with van der Waals surface area (Å²) in [6.07, 6.45) is 0. The Morgan fingerprint density at radius 1 is 1.05 bits per heavy atom. The molecule has 0 spiro atoms. The number of hydrogen-bond acceptors (Lipinski definition) is 3. The van der Waals surface area contributed by atoms with Gasteiger partial charge in [0.2, 0.25) is 0 Å². The zero-order chi connectivity index (χ0) is 14.0. The van der Waals surface area contributed by atoms with Crippen LogP contribution in [0.15, 0.2) is 28.8 Å². The third-order valence-corrected chi connectivity index (χ3v) is 2.86. The van der Waals surface area contributed by atoms with Gasteiger partial charge >= 0.3 is 0 Å². The predicted molar refractivity (Wildman–Crippen MR) is 78.0 cm³/mol.